The Morgan fingerprint density at radius 1 is 0.671 bits per heavy atom. The third kappa shape index (κ3) is 14.8. The number of ether oxygens (including phenoxy) is 1. The van der Waals surface area contributed by atoms with E-state index in [0.29, 0.717) is 43.6 Å². The molecule has 0 spiro atoms. The maximum atomic E-state index is 14.0. The SMILES string of the molecule is CC.CC.CCc1ccc2c(C3CCCCC3)c3n(c2c1)CC(C(=O)N1C[C@@H](C)O[C@@H](C)C1)=Cc1ccccc1-3.CN.CN(C)C.CN(C)SNC(=O)c1ccc2c(C3CCCCC3)c3n(c2c1)CC(C=O)=Cc1ccccc1-3. The molecule has 2 atom stereocenters. The van der Waals surface area contributed by atoms with Crippen LogP contribution in [0.5, 0.6) is 0 Å². The second kappa shape index (κ2) is 30.2. The van der Waals surface area contributed by atoms with Crippen LogP contribution in [0, 0.1) is 0 Å². The standard InChI is InChI=1S/C32H38N2O2.C27H29N3O2S.C3H9N.2C2H6.CH5N/c1-4-23-14-15-28-29(16-23)34-20-26(32(35)33-18-21(2)36-22(3)19-33)17-25-12-8-9-13-27(25)31(34)30(28)24-10-6-5-7-11-24;1-29(2)33-28-27(32)21-12-13-23-24(15-21)30-16-18(17-31)14-20-10-6-7-11-22(20)26(30)25(23)19-8-4-3-5-9-19;1-4(2)3;3*1-2/h8-9,12-17,21-22,24H,4-7,10-11,18-20H2,1-3H3;6-7,10-15,17,19H,3-5,8-9,16H2,1-2H3,(H,28,32);1-3H3;2*1-2H3;2H2,1H3/t21-,22+;;;;;. The fourth-order valence-corrected chi connectivity index (χ4v) is 12.5. The zero-order chi connectivity index (χ0) is 57.3. The summed E-state index contributed by atoms with van der Waals surface area (Å²) in [5.74, 6) is 1.10. The molecule has 0 bridgehead atoms. The first kappa shape index (κ1) is 62.4. The summed E-state index contributed by atoms with van der Waals surface area (Å²) in [6.07, 6.45) is 18.9. The van der Waals surface area contributed by atoms with E-state index in [9.17, 15) is 14.4 Å². The van der Waals surface area contributed by atoms with Crippen molar-refractivity contribution in [1.29, 1.82) is 0 Å². The van der Waals surface area contributed by atoms with Crippen LogP contribution < -0.4 is 10.5 Å². The van der Waals surface area contributed by atoms with Gasteiger partial charge in [0.2, 0.25) is 0 Å². The number of fused-ring (bicyclic) bond motifs is 10. The Morgan fingerprint density at radius 3 is 1.66 bits per heavy atom. The van der Waals surface area contributed by atoms with Gasteiger partial charge in [-0.05, 0) is 158 Å². The largest absolute Gasteiger partial charge is 0.372 e. The van der Waals surface area contributed by atoms with Gasteiger partial charge in [0.05, 0.1) is 36.7 Å². The van der Waals surface area contributed by atoms with Gasteiger partial charge in [0.25, 0.3) is 11.8 Å². The lowest BCUT2D eigenvalue weighted by molar-refractivity contribution is -0.139. The normalized spacial score (nSPS) is 17.7. The number of hydrogen-bond donors (Lipinski definition) is 2. The van der Waals surface area contributed by atoms with Gasteiger partial charge in [-0.3, -0.25) is 19.1 Å². The topological polar surface area (TPSA) is 118 Å². The first-order valence-electron chi connectivity index (χ1n) is 29.5. The molecule has 12 heteroatoms. The van der Waals surface area contributed by atoms with Crippen molar-refractivity contribution in [2.45, 2.75) is 156 Å². The molecule has 11 nitrogen and oxygen atoms in total. The fourth-order valence-electron chi connectivity index (χ4n) is 12.1. The van der Waals surface area contributed by atoms with E-state index in [-0.39, 0.29) is 24.0 Å². The molecular formula is C67H93N7O4S. The summed E-state index contributed by atoms with van der Waals surface area (Å²) in [5, 5.41) is 2.59. The van der Waals surface area contributed by atoms with Gasteiger partial charge in [-0.1, -0.05) is 140 Å². The highest BCUT2D eigenvalue weighted by atomic mass is 32.2. The number of carbonyl (C=O) groups excluding carboxylic acids is 3. The number of benzene rings is 4. The minimum Gasteiger partial charge on any atom is -0.372 e. The predicted octanol–water partition coefficient (Wildman–Crippen LogP) is 14.6. The average molecular weight is 1090 g/mol. The number of nitrogens with zero attached hydrogens (tertiary/aromatic N) is 5. The minimum absolute atomic E-state index is 0.0596. The van der Waals surface area contributed by atoms with Gasteiger partial charge in [0, 0.05) is 74.9 Å². The number of nitrogens with two attached hydrogens (primary N) is 1. The molecule has 0 unspecified atom stereocenters. The lowest BCUT2D eigenvalue weighted by Crippen LogP contribution is -2.48. The van der Waals surface area contributed by atoms with Crippen molar-refractivity contribution in [2.24, 2.45) is 5.73 Å². The highest BCUT2D eigenvalue weighted by molar-refractivity contribution is 7.95. The van der Waals surface area contributed by atoms with Crippen LogP contribution in [0.3, 0.4) is 0 Å². The summed E-state index contributed by atoms with van der Waals surface area (Å²) in [5.41, 5.74) is 20.5. The summed E-state index contributed by atoms with van der Waals surface area (Å²) >= 11 is 1.27. The molecule has 1 saturated heterocycles. The molecule has 0 radical (unpaired) electrons. The quantitative estimate of drug-likeness (QED) is 0.114. The van der Waals surface area contributed by atoms with E-state index in [1.165, 1.54) is 139 Å². The Balaban J connectivity index is 0.000000220. The van der Waals surface area contributed by atoms with Gasteiger partial charge in [-0.25, -0.2) is 4.31 Å². The molecule has 11 rings (SSSR count). The van der Waals surface area contributed by atoms with Crippen LogP contribution >= 0.6 is 12.1 Å². The molecule has 3 fully saturated rings. The molecule has 2 amide bonds. The number of carbonyl (C=O) groups is 3. The van der Waals surface area contributed by atoms with Gasteiger partial charge >= 0.3 is 0 Å². The van der Waals surface area contributed by atoms with Crippen LogP contribution in [0.15, 0.2) is 96.1 Å². The second-order valence-corrected chi connectivity index (χ2v) is 22.7. The van der Waals surface area contributed by atoms with Gasteiger partial charge in [0.15, 0.2) is 0 Å². The molecule has 79 heavy (non-hydrogen) atoms. The van der Waals surface area contributed by atoms with Crippen molar-refractivity contribution < 1.29 is 19.1 Å². The summed E-state index contributed by atoms with van der Waals surface area (Å²) < 4.78 is 15.4. The fraction of sp³-hybridized carbons (Fsp3) is 0.478. The summed E-state index contributed by atoms with van der Waals surface area (Å²) in [6.45, 7) is 16.8. The highest BCUT2D eigenvalue weighted by Crippen LogP contribution is 2.48. The molecule has 6 aromatic rings. The molecule has 4 aromatic carbocycles. The molecule has 426 valence electrons. The lowest BCUT2D eigenvalue weighted by atomic mass is 9.81. The van der Waals surface area contributed by atoms with Crippen molar-refractivity contribution in [3.8, 4) is 22.5 Å². The third-order valence-corrected chi connectivity index (χ3v) is 15.8. The average Bonchev–Trinajstić information content (AvgIpc) is 4.00. The first-order chi connectivity index (χ1) is 38.3. The Hall–Kier alpha value is -5.76. The molecule has 3 aliphatic heterocycles. The second-order valence-electron chi connectivity index (χ2n) is 21.6. The molecule has 5 aliphatic rings. The van der Waals surface area contributed by atoms with E-state index in [1.807, 2.05) is 101 Å². The van der Waals surface area contributed by atoms with Gasteiger partial charge in [-0.2, -0.15) is 0 Å². The number of allylic oxidation sites excluding steroid dienone is 1. The molecule has 3 N–H and O–H groups in total. The zero-order valence-corrected chi connectivity index (χ0v) is 50.9. The van der Waals surface area contributed by atoms with Crippen LogP contribution in [-0.4, -0.2) is 109 Å². The summed E-state index contributed by atoms with van der Waals surface area (Å²) in [7, 11) is 11.3. The van der Waals surface area contributed by atoms with Crippen LogP contribution in [0.1, 0.15) is 163 Å². The number of aromatic nitrogens is 2. The third-order valence-electron chi connectivity index (χ3n) is 15.2. The number of aldehydes is 1. The molecule has 2 saturated carbocycles. The molecular weight excluding hydrogens is 999 g/mol. The Bertz CT molecular complexity index is 3030. The number of nitrogens with one attached hydrogen (secondary N) is 1. The number of amides is 2. The van der Waals surface area contributed by atoms with Crippen LogP contribution in [0.2, 0.25) is 0 Å². The maximum Gasteiger partial charge on any atom is 0.262 e. The monoisotopic (exact) mass is 1090 g/mol. The Morgan fingerprint density at radius 2 is 1.15 bits per heavy atom. The lowest BCUT2D eigenvalue weighted by Gasteiger charge is -2.35. The van der Waals surface area contributed by atoms with Crippen molar-refractivity contribution in [3.05, 3.63) is 129 Å². The zero-order valence-electron chi connectivity index (χ0n) is 50.1. The number of rotatable bonds is 8. The van der Waals surface area contributed by atoms with Gasteiger partial charge < -0.3 is 29.4 Å². The number of hydrogen-bond acceptors (Lipinski definition) is 8. The smallest absolute Gasteiger partial charge is 0.262 e. The van der Waals surface area contributed by atoms with Crippen molar-refractivity contribution in [2.75, 3.05) is 55.4 Å². The summed E-state index contributed by atoms with van der Waals surface area (Å²) in [4.78, 5) is 42.7. The van der Waals surface area contributed by atoms with E-state index in [4.69, 9.17) is 4.74 Å². The first-order valence-corrected chi connectivity index (χ1v) is 30.2. The summed E-state index contributed by atoms with van der Waals surface area (Å²) in [6, 6.07) is 30.1. The minimum atomic E-state index is -0.120. The van der Waals surface area contributed by atoms with Crippen molar-refractivity contribution in [3.63, 3.8) is 0 Å². The van der Waals surface area contributed by atoms with E-state index in [1.54, 1.807) is 0 Å². The Labute approximate surface area is 478 Å². The Kier molecular flexibility index (Phi) is 23.8. The van der Waals surface area contributed by atoms with Crippen LogP contribution in [0.4, 0.5) is 0 Å². The van der Waals surface area contributed by atoms with E-state index in [0.717, 1.165) is 40.5 Å². The molecule has 2 aliphatic carbocycles. The molecule has 5 heterocycles. The van der Waals surface area contributed by atoms with Gasteiger partial charge in [-0.15, -0.1) is 0 Å². The van der Waals surface area contributed by atoms with Crippen LogP contribution in [0.25, 0.3) is 56.5 Å². The van der Waals surface area contributed by atoms with Gasteiger partial charge in [0.1, 0.15) is 6.29 Å². The molecule has 2 aromatic heterocycles. The van der Waals surface area contributed by atoms with Crippen LogP contribution in [-0.2, 0) is 33.8 Å². The maximum absolute atomic E-state index is 14.0. The van der Waals surface area contributed by atoms with Crippen molar-refractivity contribution in [1.82, 2.24) is 28.0 Å². The van der Waals surface area contributed by atoms with E-state index >= 15 is 0 Å². The predicted molar refractivity (Wildman–Crippen MR) is 336 cm³/mol. The van der Waals surface area contributed by atoms with E-state index < -0.39 is 0 Å². The van der Waals surface area contributed by atoms with E-state index in [2.05, 4.69) is 113 Å². The number of aryl methyl sites for hydroxylation is 1. The number of morpholine rings is 1. The van der Waals surface area contributed by atoms with Crippen molar-refractivity contribution >= 4 is 64.2 Å². The highest BCUT2D eigenvalue weighted by Gasteiger charge is 2.34.